The highest BCUT2D eigenvalue weighted by atomic mass is 16.2. The third kappa shape index (κ3) is 2.77. The summed E-state index contributed by atoms with van der Waals surface area (Å²) in [6, 6.07) is 7.33. The molecule has 0 aliphatic carbocycles. The Hall–Kier alpha value is -2.10. The summed E-state index contributed by atoms with van der Waals surface area (Å²) in [6.07, 6.45) is 4.70. The molecule has 0 aromatic heterocycles. The van der Waals surface area contributed by atoms with Crippen LogP contribution in [0.1, 0.15) is 19.8 Å². The number of hydrogen-bond acceptors (Lipinski definition) is 2. The van der Waals surface area contributed by atoms with Gasteiger partial charge in [-0.25, -0.2) is 0 Å². The summed E-state index contributed by atoms with van der Waals surface area (Å²) < 4.78 is 0. The van der Waals surface area contributed by atoms with Crippen molar-refractivity contribution < 1.29 is 9.59 Å². The van der Waals surface area contributed by atoms with Crippen LogP contribution in [0.2, 0.25) is 0 Å². The van der Waals surface area contributed by atoms with Crippen molar-refractivity contribution >= 4 is 23.2 Å². The fourth-order valence-corrected chi connectivity index (χ4v) is 1.98. The first-order valence-electron chi connectivity index (χ1n) is 6.05. The molecular formula is C14H16N2O2. The molecule has 1 heterocycles. The van der Waals surface area contributed by atoms with Gasteiger partial charge in [0.05, 0.1) is 0 Å². The number of nitrogens with one attached hydrogen (secondary N) is 1. The van der Waals surface area contributed by atoms with Crippen molar-refractivity contribution in [3.05, 3.63) is 36.4 Å². The highest BCUT2D eigenvalue weighted by Gasteiger charge is 2.21. The number of carbonyl (C=O) groups excluding carboxylic acids is 2. The van der Waals surface area contributed by atoms with E-state index in [0.717, 1.165) is 24.3 Å². The second-order valence-electron chi connectivity index (χ2n) is 4.19. The van der Waals surface area contributed by atoms with Gasteiger partial charge in [-0.3, -0.25) is 9.59 Å². The van der Waals surface area contributed by atoms with Crippen LogP contribution in [-0.2, 0) is 9.59 Å². The molecule has 1 aromatic rings. The molecule has 0 radical (unpaired) electrons. The molecule has 2 rings (SSSR count). The van der Waals surface area contributed by atoms with Crippen LogP contribution in [0.25, 0.3) is 0 Å². The van der Waals surface area contributed by atoms with Crippen molar-refractivity contribution in [2.24, 2.45) is 0 Å². The second kappa shape index (κ2) is 5.49. The van der Waals surface area contributed by atoms with E-state index in [4.69, 9.17) is 0 Å². The lowest BCUT2D eigenvalue weighted by molar-refractivity contribution is -0.117. The lowest BCUT2D eigenvalue weighted by Crippen LogP contribution is -2.23. The molecule has 18 heavy (non-hydrogen) atoms. The number of rotatable bonds is 3. The minimum atomic E-state index is -0.150. The quantitative estimate of drug-likeness (QED) is 0.829. The zero-order chi connectivity index (χ0) is 13.0. The summed E-state index contributed by atoms with van der Waals surface area (Å²) in [6.45, 7) is 2.57. The van der Waals surface area contributed by atoms with Gasteiger partial charge in [0.2, 0.25) is 11.8 Å². The Morgan fingerprint density at radius 1 is 1.33 bits per heavy atom. The van der Waals surface area contributed by atoms with E-state index in [9.17, 15) is 9.59 Å². The molecule has 0 spiro atoms. The number of amides is 2. The standard InChI is InChI=1S/C14H16N2O2/c1-2-4-13(17)15-11-6-8-12(9-7-11)16-10-3-5-14(16)18/h2,4,6-9H,3,5,10H2,1H3,(H,15,17). The molecule has 0 bridgehead atoms. The number of allylic oxidation sites excluding steroid dienone is 1. The predicted molar refractivity (Wildman–Crippen MR) is 71.5 cm³/mol. The molecule has 2 amide bonds. The van der Waals surface area contributed by atoms with Gasteiger partial charge in [-0.15, -0.1) is 0 Å². The summed E-state index contributed by atoms with van der Waals surface area (Å²) >= 11 is 0. The summed E-state index contributed by atoms with van der Waals surface area (Å²) in [5.74, 6) is 0.0169. The molecule has 4 heteroatoms. The van der Waals surface area contributed by atoms with Gasteiger partial charge in [0.25, 0.3) is 0 Å². The van der Waals surface area contributed by atoms with Crippen molar-refractivity contribution in [1.29, 1.82) is 0 Å². The van der Waals surface area contributed by atoms with E-state index in [0.29, 0.717) is 6.42 Å². The van der Waals surface area contributed by atoms with Crippen LogP contribution in [-0.4, -0.2) is 18.4 Å². The fourth-order valence-electron chi connectivity index (χ4n) is 1.98. The Kier molecular flexibility index (Phi) is 3.77. The maximum Gasteiger partial charge on any atom is 0.248 e. The first-order valence-corrected chi connectivity index (χ1v) is 6.05. The molecule has 1 aliphatic rings. The Bertz CT molecular complexity index is 477. The minimum Gasteiger partial charge on any atom is -0.323 e. The van der Waals surface area contributed by atoms with Crippen molar-refractivity contribution in [2.75, 3.05) is 16.8 Å². The number of hydrogen-bond donors (Lipinski definition) is 1. The molecular weight excluding hydrogens is 228 g/mol. The third-order valence-electron chi connectivity index (χ3n) is 2.84. The van der Waals surface area contributed by atoms with Gasteiger partial charge in [-0.1, -0.05) is 6.08 Å². The monoisotopic (exact) mass is 244 g/mol. The molecule has 0 saturated carbocycles. The summed E-state index contributed by atoms with van der Waals surface area (Å²) in [4.78, 5) is 24.7. The van der Waals surface area contributed by atoms with E-state index in [1.807, 2.05) is 24.3 Å². The van der Waals surface area contributed by atoms with Gasteiger partial charge in [0.1, 0.15) is 0 Å². The maximum atomic E-state index is 11.6. The van der Waals surface area contributed by atoms with Gasteiger partial charge < -0.3 is 10.2 Å². The van der Waals surface area contributed by atoms with E-state index in [1.54, 1.807) is 17.9 Å². The highest BCUT2D eigenvalue weighted by Crippen LogP contribution is 2.22. The molecule has 1 saturated heterocycles. The fraction of sp³-hybridized carbons (Fsp3) is 0.286. The van der Waals surface area contributed by atoms with Crippen LogP contribution < -0.4 is 10.2 Å². The predicted octanol–water partition coefficient (Wildman–Crippen LogP) is 2.33. The highest BCUT2D eigenvalue weighted by molar-refractivity contribution is 5.99. The Balaban J connectivity index is 2.05. The van der Waals surface area contributed by atoms with E-state index < -0.39 is 0 Å². The molecule has 1 N–H and O–H groups in total. The molecule has 1 aliphatic heterocycles. The molecule has 1 fully saturated rings. The van der Waals surface area contributed by atoms with Crippen LogP contribution in [0.5, 0.6) is 0 Å². The SMILES string of the molecule is CC=CC(=O)Nc1ccc(N2CCCC2=O)cc1. The van der Waals surface area contributed by atoms with Crippen molar-refractivity contribution in [3.63, 3.8) is 0 Å². The van der Waals surface area contributed by atoms with Crippen molar-refractivity contribution in [1.82, 2.24) is 0 Å². The lowest BCUT2D eigenvalue weighted by atomic mass is 10.2. The van der Waals surface area contributed by atoms with Crippen molar-refractivity contribution in [2.45, 2.75) is 19.8 Å². The number of nitrogens with zero attached hydrogens (tertiary/aromatic N) is 1. The third-order valence-corrected chi connectivity index (χ3v) is 2.84. The zero-order valence-corrected chi connectivity index (χ0v) is 10.3. The number of carbonyl (C=O) groups is 2. The van der Waals surface area contributed by atoms with Gasteiger partial charge in [0.15, 0.2) is 0 Å². The van der Waals surface area contributed by atoms with Crippen LogP contribution in [0.15, 0.2) is 36.4 Å². The Morgan fingerprint density at radius 2 is 2.06 bits per heavy atom. The second-order valence-corrected chi connectivity index (χ2v) is 4.19. The summed E-state index contributed by atoms with van der Waals surface area (Å²) in [7, 11) is 0. The molecule has 0 unspecified atom stereocenters. The summed E-state index contributed by atoms with van der Waals surface area (Å²) in [5, 5.41) is 2.74. The Labute approximate surface area is 106 Å². The minimum absolute atomic E-state index is 0.150. The molecule has 94 valence electrons. The van der Waals surface area contributed by atoms with E-state index in [1.165, 1.54) is 6.08 Å². The molecule has 4 nitrogen and oxygen atoms in total. The smallest absolute Gasteiger partial charge is 0.248 e. The van der Waals surface area contributed by atoms with Gasteiger partial charge in [-0.05, 0) is 43.7 Å². The van der Waals surface area contributed by atoms with E-state index in [2.05, 4.69) is 5.32 Å². The Morgan fingerprint density at radius 3 is 2.61 bits per heavy atom. The van der Waals surface area contributed by atoms with Crippen LogP contribution in [0, 0.1) is 0 Å². The van der Waals surface area contributed by atoms with Crippen LogP contribution in [0.3, 0.4) is 0 Å². The topological polar surface area (TPSA) is 49.4 Å². The first-order chi connectivity index (χ1) is 8.70. The lowest BCUT2D eigenvalue weighted by Gasteiger charge is -2.15. The van der Waals surface area contributed by atoms with Crippen molar-refractivity contribution in [3.8, 4) is 0 Å². The largest absolute Gasteiger partial charge is 0.323 e. The maximum absolute atomic E-state index is 11.6. The van der Waals surface area contributed by atoms with Gasteiger partial charge >= 0.3 is 0 Å². The van der Waals surface area contributed by atoms with E-state index in [-0.39, 0.29) is 11.8 Å². The number of anilines is 2. The zero-order valence-electron chi connectivity index (χ0n) is 10.3. The number of benzene rings is 1. The average Bonchev–Trinajstić information content (AvgIpc) is 2.77. The first kappa shape index (κ1) is 12.4. The van der Waals surface area contributed by atoms with Crippen LogP contribution in [0.4, 0.5) is 11.4 Å². The molecule has 1 aromatic carbocycles. The van der Waals surface area contributed by atoms with Gasteiger partial charge in [0, 0.05) is 24.3 Å². The average molecular weight is 244 g/mol. The molecule has 0 atom stereocenters. The summed E-state index contributed by atoms with van der Waals surface area (Å²) in [5.41, 5.74) is 1.62. The van der Waals surface area contributed by atoms with E-state index >= 15 is 0 Å². The van der Waals surface area contributed by atoms with Crippen LogP contribution >= 0.6 is 0 Å². The van der Waals surface area contributed by atoms with Gasteiger partial charge in [-0.2, -0.15) is 0 Å². The normalized spacial score (nSPS) is 15.4.